The molecule has 0 bridgehead atoms. The van der Waals surface area contributed by atoms with Gasteiger partial charge in [-0.3, -0.25) is 0 Å². The van der Waals surface area contributed by atoms with Crippen molar-refractivity contribution in [3.63, 3.8) is 0 Å². The van der Waals surface area contributed by atoms with E-state index in [0.717, 1.165) is 37.0 Å². The van der Waals surface area contributed by atoms with Crippen molar-refractivity contribution in [2.45, 2.75) is 38.1 Å². The van der Waals surface area contributed by atoms with Crippen LogP contribution in [0.5, 0.6) is 5.75 Å². The molecule has 1 aliphatic rings. The van der Waals surface area contributed by atoms with Crippen molar-refractivity contribution < 1.29 is 13.2 Å². The van der Waals surface area contributed by atoms with Crippen LogP contribution in [-0.4, -0.2) is 21.6 Å². The van der Waals surface area contributed by atoms with E-state index in [0.29, 0.717) is 10.5 Å². The van der Waals surface area contributed by atoms with Crippen molar-refractivity contribution >= 4 is 21.0 Å². The van der Waals surface area contributed by atoms with Crippen LogP contribution in [0, 0.1) is 0 Å². The minimum absolute atomic E-state index is 0.0247. The molecule has 2 aromatic carbocycles. The van der Waals surface area contributed by atoms with E-state index in [-0.39, 0.29) is 6.04 Å². The van der Waals surface area contributed by atoms with Gasteiger partial charge in [-0.05, 0) is 42.2 Å². The Labute approximate surface area is 156 Å². The summed E-state index contributed by atoms with van der Waals surface area (Å²) in [7, 11) is -2.00. The predicted octanol–water partition coefficient (Wildman–Crippen LogP) is 4.45. The second kappa shape index (κ2) is 8.52. The molecule has 0 saturated heterocycles. The Kier molecular flexibility index (Phi) is 6.12. The van der Waals surface area contributed by atoms with E-state index in [1.54, 1.807) is 13.2 Å². The first-order valence-corrected chi connectivity index (χ1v) is 10.5. The van der Waals surface area contributed by atoms with Crippen LogP contribution in [0.4, 0.5) is 0 Å². The fourth-order valence-electron chi connectivity index (χ4n) is 3.27. The average molecular weight is 372 g/mol. The zero-order chi connectivity index (χ0) is 18.4. The predicted molar refractivity (Wildman–Crippen MR) is 106 cm³/mol. The lowest BCUT2D eigenvalue weighted by Crippen LogP contribution is -2.36. The van der Waals surface area contributed by atoms with Gasteiger partial charge in [-0.1, -0.05) is 61.7 Å². The summed E-state index contributed by atoms with van der Waals surface area (Å²) in [5.41, 5.74) is 1.50. The molecule has 2 aromatic rings. The van der Waals surface area contributed by atoms with E-state index in [9.17, 15) is 8.42 Å². The molecule has 26 heavy (non-hydrogen) atoms. The highest BCUT2D eigenvalue weighted by Crippen LogP contribution is 2.26. The number of hydrogen-bond acceptors (Lipinski definition) is 3. The fourth-order valence-corrected chi connectivity index (χ4v) is 4.81. The molecule has 3 rings (SSSR count). The Morgan fingerprint density at radius 2 is 1.65 bits per heavy atom. The van der Waals surface area contributed by atoms with Gasteiger partial charge in [0.1, 0.15) is 5.75 Å². The van der Waals surface area contributed by atoms with E-state index in [1.165, 1.54) is 6.42 Å². The average Bonchev–Trinajstić information content (AvgIpc) is 2.67. The van der Waals surface area contributed by atoms with Crippen molar-refractivity contribution in [1.82, 2.24) is 4.72 Å². The van der Waals surface area contributed by atoms with Crippen LogP contribution in [0.15, 0.2) is 54.6 Å². The summed E-state index contributed by atoms with van der Waals surface area (Å²) in [6.45, 7) is 0. The summed E-state index contributed by atoms with van der Waals surface area (Å²) in [5.74, 6) is 0.742. The van der Waals surface area contributed by atoms with Crippen LogP contribution in [0.25, 0.3) is 11.0 Å². The molecule has 0 radical (unpaired) electrons. The van der Waals surface area contributed by atoms with Gasteiger partial charge >= 0.3 is 0 Å². The van der Waals surface area contributed by atoms with Crippen molar-refractivity contribution in [2.75, 3.05) is 7.11 Å². The number of hydrogen-bond donors (Lipinski definition) is 1. The largest absolute Gasteiger partial charge is 0.497 e. The molecule has 1 aliphatic carbocycles. The third-order valence-electron chi connectivity index (χ3n) is 4.69. The van der Waals surface area contributed by atoms with Gasteiger partial charge < -0.3 is 4.74 Å². The lowest BCUT2D eigenvalue weighted by atomic mass is 9.96. The quantitative estimate of drug-likeness (QED) is 0.764. The molecule has 1 fully saturated rings. The van der Waals surface area contributed by atoms with Gasteiger partial charge in [0.2, 0.25) is 10.0 Å². The van der Waals surface area contributed by atoms with Crippen LogP contribution in [-0.2, 0) is 10.0 Å². The summed E-state index contributed by atoms with van der Waals surface area (Å²) in [5, 5.41) is 0. The molecular formula is C21H25NO3S. The van der Waals surface area contributed by atoms with Gasteiger partial charge in [0.25, 0.3) is 0 Å². The van der Waals surface area contributed by atoms with Gasteiger partial charge in [-0.2, -0.15) is 0 Å². The number of sulfonamides is 1. The maximum absolute atomic E-state index is 13.1. The zero-order valence-electron chi connectivity index (χ0n) is 15.0. The number of methoxy groups -OCH3 is 1. The van der Waals surface area contributed by atoms with E-state index in [2.05, 4.69) is 4.72 Å². The van der Waals surface area contributed by atoms with Crippen LogP contribution in [0.1, 0.15) is 43.2 Å². The van der Waals surface area contributed by atoms with Gasteiger partial charge in [0, 0.05) is 6.04 Å². The van der Waals surface area contributed by atoms with Crippen LogP contribution in [0.2, 0.25) is 0 Å². The van der Waals surface area contributed by atoms with Crippen molar-refractivity contribution in [3.05, 3.63) is 65.7 Å². The molecular weight excluding hydrogens is 346 g/mol. The first-order valence-electron chi connectivity index (χ1n) is 9.02. The van der Waals surface area contributed by atoms with Gasteiger partial charge in [-0.25, -0.2) is 13.1 Å². The third-order valence-corrected chi connectivity index (χ3v) is 6.26. The molecule has 0 aliphatic heterocycles. The summed E-state index contributed by atoms with van der Waals surface area (Å²) < 4.78 is 34.3. The van der Waals surface area contributed by atoms with E-state index in [4.69, 9.17) is 4.74 Å². The SMILES string of the molecule is COc1ccc(/C=C(\c2ccccc2)S(=O)(=O)NC2CCCCC2)cc1. The molecule has 0 heterocycles. The maximum Gasteiger partial charge on any atom is 0.241 e. The number of ether oxygens (including phenoxy) is 1. The standard InChI is InChI=1S/C21H25NO3S/c1-25-20-14-12-17(13-15-20)16-21(18-8-4-2-5-9-18)26(23,24)22-19-10-6-3-7-11-19/h2,4-5,8-9,12-16,19,22H,3,6-7,10-11H2,1H3/b21-16+. The molecule has 5 heteroatoms. The van der Waals surface area contributed by atoms with E-state index >= 15 is 0 Å². The zero-order valence-corrected chi connectivity index (χ0v) is 15.8. The summed E-state index contributed by atoms with van der Waals surface area (Å²) in [6, 6.07) is 16.7. The smallest absolute Gasteiger partial charge is 0.241 e. The maximum atomic E-state index is 13.1. The molecule has 1 saturated carbocycles. The van der Waals surface area contributed by atoms with Crippen molar-refractivity contribution in [2.24, 2.45) is 0 Å². The summed E-state index contributed by atoms with van der Waals surface area (Å²) in [4.78, 5) is 0.300. The number of rotatable bonds is 6. The highest BCUT2D eigenvalue weighted by atomic mass is 32.2. The topological polar surface area (TPSA) is 55.4 Å². The molecule has 138 valence electrons. The van der Waals surface area contributed by atoms with Crippen molar-refractivity contribution in [1.29, 1.82) is 0 Å². The Bertz CT molecular complexity index is 837. The Hall–Kier alpha value is -2.11. The van der Waals surface area contributed by atoms with Gasteiger partial charge in [0.15, 0.2) is 0 Å². The normalized spacial score (nSPS) is 16.4. The first-order chi connectivity index (χ1) is 12.6. The molecule has 0 atom stereocenters. The van der Waals surface area contributed by atoms with Crippen LogP contribution >= 0.6 is 0 Å². The number of benzene rings is 2. The second-order valence-corrected chi connectivity index (χ2v) is 8.29. The molecule has 1 N–H and O–H groups in total. The first kappa shape index (κ1) is 18.7. The summed E-state index contributed by atoms with van der Waals surface area (Å²) in [6.07, 6.45) is 6.88. The second-order valence-electron chi connectivity index (χ2n) is 6.60. The molecule has 0 amide bonds. The Balaban J connectivity index is 1.95. The molecule has 4 nitrogen and oxygen atoms in total. The monoisotopic (exact) mass is 371 g/mol. The molecule has 0 aromatic heterocycles. The highest BCUT2D eigenvalue weighted by molar-refractivity contribution is 7.99. The Morgan fingerprint density at radius 3 is 2.27 bits per heavy atom. The van der Waals surface area contributed by atoms with Crippen molar-refractivity contribution in [3.8, 4) is 5.75 Å². The third kappa shape index (κ3) is 4.74. The minimum atomic E-state index is -3.61. The molecule has 0 unspecified atom stereocenters. The minimum Gasteiger partial charge on any atom is -0.497 e. The lowest BCUT2D eigenvalue weighted by molar-refractivity contribution is 0.414. The van der Waals surface area contributed by atoms with E-state index < -0.39 is 10.0 Å². The van der Waals surface area contributed by atoms with E-state index in [1.807, 2.05) is 54.6 Å². The van der Waals surface area contributed by atoms with Crippen LogP contribution in [0.3, 0.4) is 0 Å². The van der Waals surface area contributed by atoms with Gasteiger partial charge in [-0.15, -0.1) is 0 Å². The Morgan fingerprint density at radius 1 is 1.00 bits per heavy atom. The summed E-state index contributed by atoms with van der Waals surface area (Å²) >= 11 is 0. The molecule has 0 spiro atoms. The fraction of sp³-hybridized carbons (Fsp3) is 0.333. The highest BCUT2D eigenvalue weighted by Gasteiger charge is 2.24. The lowest BCUT2D eigenvalue weighted by Gasteiger charge is -2.23. The number of nitrogens with one attached hydrogen (secondary N) is 1. The van der Waals surface area contributed by atoms with Crippen LogP contribution < -0.4 is 9.46 Å². The van der Waals surface area contributed by atoms with Gasteiger partial charge in [0.05, 0.1) is 12.0 Å².